The van der Waals surface area contributed by atoms with Gasteiger partial charge in [0.05, 0.1) is 11.6 Å². The van der Waals surface area contributed by atoms with E-state index in [-0.39, 0.29) is 6.10 Å². The fraction of sp³-hybridized carbons (Fsp3) is 0.294. The zero-order valence-electron chi connectivity index (χ0n) is 12.8. The second-order valence-electron chi connectivity index (χ2n) is 5.17. The molecule has 2 heterocycles. The zero-order valence-corrected chi connectivity index (χ0v) is 12.8. The third-order valence-electron chi connectivity index (χ3n) is 3.55. The van der Waals surface area contributed by atoms with E-state index < -0.39 is 0 Å². The monoisotopic (exact) mass is 296 g/mol. The van der Waals surface area contributed by atoms with Crippen LogP contribution in [0.4, 0.5) is 5.82 Å². The van der Waals surface area contributed by atoms with Crippen molar-refractivity contribution in [1.82, 2.24) is 15.0 Å². The molecule has 1 unspecified atom stereocenters. The molecule has 0 aliphatic rings. The molecule has 0 bridgehead atoms. The van der Waals surface area contributed by atoms with E-state index in [0.29, 0.717) is 13.2 Å². The predicted molar refractivity (Wildman–Crippen MR) is 87.9 cm³/mol. The normalized spacial score (nSPS) is 12.5. The van der Waals surface area contributed by atoms with Crippen LogP contribution in [0, 0.1) is 6.92 Å². The first-order chi connectivity index (χ1) is 10.8. The minimum absolute atomic E-state index is 0.00715. The quantitative estimate of drug-likeness (QED) is 0.731. The standard InChI is InChI=1S/C17H20N4O/c1-3-22-15(13-7-5-4-6-8-13)10-18-17-16-14(19-11-20-17)9-12(2)21-16/h4-9,11,15,21H,3,10H2,1-2H3,(H,18,19,20). The highest BCUT2D eigenvalue weighted by Gasteiger charge is 2.13. The Hall–Kier alpha value is -2.40. The van der Waals surface area contributed by atoms with Crippen LogP contribution in [0.25, 0.3) is 11.0 Å². The van der Waals surface area contributed by atoms with Gasteiger partial charge in [-0.2, -0.15) is 0 Å². The van der Waals surface area contributed by atoms with Crippen LogP contribution in [-0.2, 0) is 4.74 Å². The van der Waals surface area contributed by atoms with Crippen molar-refractivity contribution in [2.75, 3.05) is 18.5 Å². The molecule has 1 atom stereocenters. The molecule has 0 amide bonds. The number of hydrogen-bond donors (Lipinski definition) is 2. The Bertz CT molecular complexity index is 739. The van der Waals surface area contributed by atoms with E-state index in [0.717, 1.165) is 28.1 Å². The minimum Gasteiger partial charge on any atom is -0.372 e. The molecule has 2 N–H and O–H groups in total. The predicted octanol–water partition coefficient (Wildman–Crippen LogP) is 3.46. The number of benzene rings is 1. The van der Waals surface area contributed by atoms with Crippen LogP contribution < -0.4 is 5.32 Å². The third-order valence-corrected chi connectivity index (χ3v) is 3.55. The molecule has 0 radical (unpaired) electrons. The Morgan fingerprint density at radius 1 is 1.23 bits per heavy atom. The largest absolute Gasteiger partial charge is 0.372 e. The number of fused-ring (bicyclic) bond motifs is 1. The molecule has 3 rings (SSSR count). The molecule has 1 aromatic carbocycles. The summed E-state index contributed by atoms with van der Waals surface area (Å²) in [7, 11) is 0. The first-order valence-corrected chi connectivity index (χ1v) is 7.48. The summed E-state index contributed by atoms with van der Waals surface area (Å²) in [5.74, 6) is 0.804. The summed E-state index contributed by atoms with van der Waals surface area (Å²) in [4.78, 5) is 11.9. The maximum absolute atomic E-state index is 5.85. The number of nitrogens with zero attached hydrogens (tertiary/aromatic N) is 2. The van der Waals surface area contributed by atoms with E-state index in [2.05, 4.69) is 32.4 Å². The van der Waals surface area contributed by atoms with E-state index in [1.54, 1.807) is 6.33 Å². The Morgan fingerprint density at radius 3 is 2.82 bits per heavy atom. The van der Waals surface area contributed by atoms with Crippen molar-refractivity contribution in [2.24, 2.45) is 0 Å². The lowest BCUT2D eigenvalue weighted by atomic mass is 10.1. The smallest absolute Gasteiger partial charge is 0.153 e. The molecule has 0 saturated carbocycles. The molecule has 0 fully saturated rings. The highest BCUT2D eigenvalue weighted by atomic mass is 16.5. The van der Waals surface area contributed by atoms with Gasteiger partial charge in [0.2, 0.25) is 0 Å². The van der Waals surface area contributed by atoms with Crippen LogP contribution in [0.5, 0.6) is 0 Å². The number of nitrogens with one attached hydrogen (secondary N) is 2. The van der Waals surface area contributed by atoms with Gasteiger partial charge < -0.3 is 15.0 Å². The molecule has 0 spiro atoms. The zero-order chi connectivity index (χ0) is 15.4. The molecule has 5 nitrogen and oxygen atoms in total. The molecular formula is C17H20N4O. The third kappa shape index (κ3) is 3.09. The van der Waals surface area contributed by atoms with Crippen LogP contribution in [-0.4, -0.2) is 28.1 Å². The summed E-state index contributed by atoms with van der Waals surface area (Å²) >= 11 is 0. The molecule has 22 heavy (non-hydrogen) atoms. The molecule has 0 aliphatic heterocycles. The Labute approximate surface area is 129 Å². The molecule has 5 heteroatoms. The first-order valence-electron chi connectivity index (χ1n) is 7.48. The summed E-state index contributed by atoms with van der Waals surface area (Å²) in [6.45, 7) is 5.34. The van der Waals surface area contributed by atoms with E-state index >= 15 is 0 Å². The van der Waals surface area contributed by atoms with Gasteiger partial charge in [-0.15, -0.1) is 0 Å². The highest BCUT2D eigenvalue weighted by molar-refractivity contribution is 5.86. The average molecular weight is 296 g/mol. The van der Waals surface area contributed by atoms with Crippen molar-refractivity contribution in [3.05, 3.63) is 54.0 Å². The van der Waals surface area contributed by atoms with Crippen LogP contribution in [0.15, 0.2) is 42.7 Å². The highest BCUT2D eigenvalue weighted by Crippen LogP contribution is 2.22. The Balaban J connectivity index is 1.79. The molecule has 2 aromatic heterocycles. The summed E-state index contributed by atoms with van der Waals surface area (Å²) in [6.07, 6.45) is 1.57. The van der Waals surface area contributed by atoms with Gasteiger partial charge in [-0.1, -0.05) is 30.3 Å². The van der Waals surface area contributed by atoms with Crippen LogP contribution in [0.3, 0.4) is 0 Å². The number of rotatable bonds is 6. The van der Waals surface area contributed by atoms with Crippen LogP contribution in [0.2, 0.25) is 0 Å². The van der Waals surface area contributed by atoms with Crippen LogP contribution >= 0.6 is 0 Å². The van der Waals surface area contributed by atoms with Gasteiger partial charge in [0.15, 0.2) is 5.82 Å². The van der Waals surface area contributed by atoms with Gasteiger partial charge in [-0.25, -0.2) is 9.97 Å². The maximum atomic E-state index is 5.85. The Morgan fingerprint density at radius 2 is 2.05 bits per heavy atom. The summed E-state index contributed by atoms with van der Waals surface area (Å²) in [5, 5.41) is 3.38. The number of aryl methyl sites for hydroxylation is 1. The van der Waals surface area contributed by atoms with Crippen molar-refractivity contribution in [1.29, 1.82) is 0 Å². The summed E-state index contributed by atoms with van der Waals surface area (Å²) in [5.41, 5.74) is 4.08. The number of aromatic nitrogens is 3. The van der Waals surface area contributed by atoms with Crippen molar-refractivity contribution >= 4 is 16.9 Å². The maximum Gasteiger partial charge on any atom is 0.153 e. The van der Waals surface area contributed by atoms with Gasteiger partial charge in [-0.05, 0) is 25.5 Å². The molecule has 0 saturated heterocycles. The van der Waals surface area contributed by atoms with Crippen molar-refractivity contribution in [3.63, 3.8) is 0 Å². The number of ether oxygens (including phenoxy) is 1. The lowest BCUT2D eigenvalue weighted by molar-refractivity contribution is 0.0718. The molecule has 114 valence electrons. The van der Waals surface area contributed by atoms with Gasteiger partial charge >= 0.3 is 0 Å². The number of anilines is 1. The second kappa shape index (κ2) is 6.58. The fourth-order valence-electron chi connectivity index (χ4n) is 2.54. The molecular weight excluding hydrogens is 276 g/mol. The van der Waals surface area contributed by atoms with E-state index in [1.165, 1.54) is 0 Å². The van der Waals surface area contributed by atoms with Crippen molar-refractivity contribution in [2.45, 2.75) is 20.0 Å². The second-order valence-corrected chi connectivity index (χ2v) is 5.17. The minimum atomic E-state index is -0.00715. The lowest BCUT2D eigenvalue weighted by Crippen LogP contribution is -2.16. The average Bonchev–Trinajstić information content (AvgIpc) is 2.93. The van der Waals surface area contributed by atoms with E-state index in [9.17, 15) is 0 Å². The van der Waals surface area contributed by atoms with Crippen LogP contribution in [0.1, 0.15) is 24.3 Å². The van der Waals surface area contributed by atoms with Crippen molar-refractivity contribution in [3.8, 4) is 0 Å². The molecule has 0 aliphatic carbocycles. The lowest BCUT2D eigenvalue weighted by Gasteiger charge is -2.18. The van der Waals surface area contributed by atoms with Crippen molar-refractivity contribution < 1.29 is 4.74 Å². The van der Waals surface area contributed by atoms with Gasteiger partial charge in [-0.3, -0.25) is 0 Å². The topological polar surface area (TPSA) is 62.8 Å². The fourth-order valence-corrected chi connectivity index (χ4v) is 2.54. The first kappa shape index (κ1) is 14.5. The number of hydrogen-bond acceptors (Lipinski definition) is 4. The van der Waals surface area contributed by atoms with Gasteiger partial charge in [0.1, 0.15) is 11.8 Å². The molecule has 3 aromatic rings. The van der Waals surface area contributed by atoms with Gasteiger partial charge in [0.25, 0.3) is 0 Å². The number of H-pyrrole nitrogens is 1. The summed E-state index contributed by atoms with van der Waals surface area (Å²) < 4.78 is 5.85. The van der Waals surface area contributed by atoms with Gasteiger partial charge in [0, 0.05) is 18.8 Å². The Kier molecular flexibility index (Phi) is 4.34. The SMILES string of the molecule is CCOC(CNc1ncnc2cc(C)[nH]c12)c1ccccc1. The van der Waals surface area contributed by atoms with E-state index in [4.69, 9.17) is 4.74 Å². The summed E-state index contributed by atoms with van der Waals surface area (Å²) in [6, 6.07) is 12.2. The number of aromatic amines is 1. The van der Waals surface area contributed by atoms with E-state index in [1.807, 2.05) is 38.1 Å².